The standard InChI is InChI=1S/C15H27NO/c1-10-5-6-12-13(9-10)17-14-11(2)7-8-16(14)15(12,3)4/h10-14H,5-9H2,1-4H3/t10-,11+,12-,13-,14+/m1/s1. The van der Waals surface area contributed by atoms with Crippen molar-refractivity contribution in [1.82, 2.24) is 4.90 Å². The Bertz CT molecular complexity index is 301. The molecule has 98 valence electrons. The van der Waals surface area contributed by atoms with Crippen molar-refractivity contribution in [1.29, 1.82) is 0 Å². The summed E-state index contributed by atoms with van der Waals surface area (Å²) in [5.74, 6) is 2.32. The molecular formula is C15H27NO. The van der Waals surface area contributed by atoms with E-state index in [1.807, 2.05) is 0 Å². The van der Waals surface area contributed by atoms with E-state index in [1.54, 1.807) is 0 Å². The highest BCUT2D eigenvalue weighted by Gasteiger charge is 2.53. The van der Waals surface area contributed by atoms with Gasteiger partial charge in [-0.15, -0.1) is 0 Å². The summed E-state index contributed by atoms with van der Waals surface area (Å²) in [6, 6.07) is 0. The minimum Gasteiger partial charge on any atom is -0.359 e. The first-order valence-electron chi connectivity index (χ1n) is 7.42. The van der Waals surface area contributed by atoms with Gasteiger partial charge in [-0.2, -0.15) is 0 Å². The van der Waals surface area contributed by atoms with Crippen molar-refractivity contribution in [2.75, 3.05) is 6.54 Å². The van der Waals surface area contributed by atoms with E-state index in [-0.39, 0.29) is 0 Å². The van der Waals surface area contributed by atoms with E-state index in [0.29, 0.717) is 23.8 Å². The van der Waals surface area contributed by atoms with Gasteiger partial charge in [0.1, 0.15) is 6.23 Å². The lowest BCUT2D eigenvalue weighted by Crippen LogP contribution is -2.63. The third-order valence-corrected chi connectivity index (χ3v) is 5.64. The summed E-state index contributed by atoms with van der Waals surface area (Å²) in [5.41, 5.74) is 0.346. The molecule has 3 aliphatic rings. The van der Waals surface area contributed by atoms with Gasteiger partial charge in [0.15, 0.2) is 0 Å². The van der Waals surface area contributed by atoms with E-state index in [1.165, 1.54) is 32.2 Å². The average molecular weight is 237 g/mol. The van der Waals surface area contributed by atoms with Gasteiger partial charge < -0.3 is 4.74 Å². The summed E-state index contributed by atoms with van der Waals surface area (Å²) in [5, 5.41) is 0. The lowest BCUT2D eigenvalue weighted by atomic mass is 9.70. The topological polar surface area (TPSA) is 12.5 Å². The zero-order valence-electron chi connectivity index (χ0n) is 11.8. The van der Waals surface area contributed by atoms with Crippen molar-refractivity contribution >= 4 is 0 Å². The van der Waals surface area contributed by atoms with E-state index in [4.69, 9.17) is 4.74 Å². The zero-order valence-corrected chi connectivity index (χ0v) is 11.8. The molecule has 0 spiro atoms. The Balaban J connectivity index is 1.87. The van der Waals surface area contributed by atoms with Crippen LogP contribution in [0, 0.1) is 17.8 Å². The van der Waals surface area contributed by atoms with Crippen molar-refractivity contribution in [2.45, 2.75) is 71.2 Å². The van der Waals surface area contributed by atoms with Crippen LogP contribution in [0.1, 0.15) is 53.4 Å². The minimum absolute atomic E-state index is 0.346. The van der Waals surface area contributed by atoms with Crippen LogP contribution in [0.15, 0.2) is 0 Å². The van der Waals surface area contributed by atoms with E-state index in [2.05, 4.69) is 32.6 Å². The second-order valence-electron chi connectivity index (χ2n) is 7.20. The maximum Gasteiger partial charge on any atom is 0.114 e. The van der Waals surface area contributed by atoms with Gasteiger partial charge in [-0.3, -0.25) is 4.90 Å². The third kappa shape index (κ3) is 1.76. The first kappa shape index (κ1) is 12.0. The van der Waals surface area contributed by atoms with Crippen molar-refractivity contribution < 1.29 is 4.74 Å². The molecule has 17 heavy (non-hydrogen) atoms. The summed E-state index contributed by atoms with van der Waals surface area (Å²) in [7, 11) is 0. The average Bonchev–Trinajstić information content (AvgIpc) is 2.61. The van der Waals surface area contributed by atoms with Crippen LogP contribution >= 0.6 is 0 Å². The molecule has 2 nitrogen and oxygen atoms in total. The van der Waals surface area contributed by atoms with Gasteiger partial charge in [-0.25, -0.2) is 0 Å². The molecule has 3 rings (SSSR count). The summed E-state index contributed by atoms with van der Waals surface area (Å²) < 4.78 is 6.46. The van der Waals surface area contributed by atoms with Crippen LogP contribution in [0.5, 0.6) is 0 Å². The maximum absolute atomic E-state index is 6.46. The maximum atomic E-state index is 6.46. The van der Waals surface area contributed by atoms with Crippen molar-refractivity contribution in [3.63, 3.8) is 0 Å². The van der Waals surface area contributed by atoms with Gasteiger partial charge in [0.05, 0.1) is 6.10 Å². The fraction of sp³-hybridized carbons (Fsp3) is 1.00. The molecule has 0 aromatic heterocycles. The fourth-order valence-corrected chi connectivity index (χ4v) is 4.42. The lowest BCUT2D eigenvalue weighted by Gasteiger charge is -2.56. The quantitative estimate of drug-likeness (QED) is 0.641. The SMILES string of the molecule is C[C@@H]1CC[C@@H]2[C@@H](C1)O[C@H]1[C@@H](C)CCN1C2(C)C. The lowest BCUT2D eigenvalue weighted by molar-refractivity contribution is -0.227. The van der Waals surface area contributed by atoms with E-state index >= 15 is 0 Å². The Morgan fingerprint density at radius 1 is 1.12 bits per heavy atom. The Kier molecular flexibility index (Phi) is 2.79. The molecule has 0 bridgehead atoms. The van der Waals surface area contributed by atoms with E-state index in [0.717, 1.165) is 11.8 Å². The molecule has 5 atom stereocenters. The molecule has 0 amide bonds. The van der Waals surface area contributed by atoms with Crippen LogP contribution < -0.4 is 0 Å². The number of hydrogen-bond acceptors (Lipinski definition) is 2. The molecule has 0 aromatic rings. The molecular weight excluding hydrogens is 210 g/mol. The summed E-state index contributed by atoms with van der Waals surface area (Å²) in [6.45, 7) is 10.9. The Morgan fingerprint density at radius 3 is 2.65 bits per heavy atom. The first-order chi connectivity index (χ1) is 8.00. The van der Waals surface area contributed by atoms with E-state index in [9.17, 15) is 0 Å². The van der Waals surface area contributed by atoms with Crippen LogP contribution in [-0.2, 0) is 4.74 Å². The second-order valence-corrected chi connectivity index (χ2v) is 7.20. The van der Waals surface area contributed by atoms with Gasteiger partial charge in [0.25, 0.3) is 0 Å². The molecule has 0 unspecified atom stereocenters. The molecule has 1 saturated carbocycles. The zero-order chi connectivity index (χ0) is 12.2. The van der Waals surface area contributed by atoms with Crippen molar-refractivity contribution in [2.24, 2.45) is 17.8 Å². The Morgan fingerprint density at radius 2 is 1.88 bits per heavy atom. The first-order valence-corrected chi connectivity index (χ1v) is 7.42. The highest BCUT2D eigenvalue weighted by molar-refractivity contribution is 5.02. The number of fused-ring (bicyclic) bond motifs is 2. The molecule has 2 saturated heterocycles. The normalized spacial score (nSPS) is 49.8. The summed E-state index contributed by atoms with van der Waals surface area (Å²) in [4.78, 5) is 2.65. The number of rotatable bonds is 0. The van der Waals surface area contributed by atoms with Gasteiger partial charge in [-0.1, -0.05) is 20.3 Å². The highest BCUT2D eigenvalue weighted by atomic mass is 16.5. The molecule has 0 N–H and O–H groups in total. The smallest absolute Gasteiger partial charge is 0.114 e. The largest absolute Gasteiger partial charge is 0.359 e. The highest BCUT2D eigenvalue weighted by Crippen LogP contribution is 2.48. The fourth-order valence-electron chi connectivity index (χ4n) is 4.42. The summed E-state index contributed by atoms with van der Waals surface area (Å²) in [6.07, 6.45) is 6.26. The molecule has 2 heteroatoms. The molecule has 0 radical (unpaired) electrons. The second kappa shape index (κ2) is 3.96. The Labute approximate surface area is 106 Å². The van der Waals surface area contributed by atoms with Crippen LogP contribution in [0.3, 0.4) is 0 Å². The molecule has 0 aromatic carbocycles. The molecule has 3 fully saturated rings. The van der Waals surface area contributed by atoms with Crippen LogP contribution in [0.2, 0.25) is 0 Å². The van der Waals surface area contributed by atoms with Crippen molar-refractivity contribution in [3.8, 4) is 0 Å². The van der Waals surface area contributed by atoms with E-state index < -0.39 is 0 Å². The predicted molar refractivity (Wildman–Crippen MR) is 69.7 cm³/mol. The van der Waals surface area contributed by atoms with Crippen LogP contribution in [-0.4, -0.2) is 29.3 Å². The minimum atomic E-state index is 0.346. The van der Waals surface area contributed by atoms with Crippen LogP contribution in [0.25, 0.3) is 0 Å². The van der Waals surface area contributed by atoms with Gasteiger partial charge in [0, 0.05) is 18.0 Å². The molecule has 1 aliphatic carbocycles. The monoisotopic (exact) mass is 237 g/mol. The Hall–Kier alpha value is -0.0800. The van der Waals surface area contributed by atoms with Crippen LogP contribution in [0.4, 0.5) is 0 Å². The number of nitrogens with zero attached hydrogens (tertiary/aromatic N) is 1. The van der Waals surface area contributed by atoms with Gasteiger partial charge in [-0.05, 0) is 44.9 Å². The number of ether oxygens (including phenoxy) is 1. The molecule has 2 heterocycles. The molecule has 2 aliphatic heterocycles. The van der Waals surface area contributed by atoms with Crippen molar-refractivity contribution in [3.05, 3.63) is 0 Å². The van der Waals surface area contributed by atoms with Gasteiger partial charge in [0.2, 0.25) is 0 Å². The number of hydrogen-bond donors (Lipinski definition) is 0. The summed E-state index contributed by atoms with van der Waals surface area (Å²) >= 11 is 0. The third-order valence-electron chi connectivity index (χ3n) is 5.64. The predicted octanol–water partition coefficient (Wildman–Crippen LogP) is 3.27. The van der Waals surface area contributed by atoms with Gasteiger partial charge >= 0.3 is 0 Å².